The summed E-state index contributed by atoms with van der Waals surface area (Å²) in [5, 5.41) is 0. The summed E-state index contributed by atoms with van der Waals surface area (Å²) in [4.78, 5) is 40.2. The number of rotatable bonds is 2. The van der Waals surface area contributed by atoms with Gasteiger partial charge in [0.1, 0.15) is 5.60 Å². The summed E-state index contributed by atoms with van der Waals surface area (Å²) in [5.74, 6) is -0.571. The Labute approximate surface area is 141 Å². The van der Waals surface area contributed by atoms with Gasteiger partial charge in [0.05, 0.1) is 17.2 Å². The summed E-state index contributed by atoms with van der Waals surface area (Å²) in [6, 6.07) is 6.62. The lowest BCUT2D eigenvalue weighted by Crippen LogP contribution is -2.46. The van der Waals surface area contributed by atoms with Crippen molar-refractivity contribution in [2.45, 2.75) is 45.3 Å². The number of likely N-dealkylation sites (tertiary alicyclic amines) is 1. The molecule has 24 heavy (non-hydrogen) atoms. The number of nitrogens with zero attached hydrogens (tertiary/aromatic N) is 2. The summed E-state index contributed by atoms with van der Waals surface area (Å²) >= 11 is 0. The minimum Gasteiger partial charge on any atom is -0.444 e. The maximum Gasteiger partial charge on any atom is 0.410 e. The van der Waals surface area contributed by atoms with E-state index in [1.807, 2.05) is 20.8 Å². The fourth-order valence-corrected chi connectivity index (χ4v) is 3.20. The third kappa shape index (κ3) is 3.00. The number of hydrogen-bond acceptors (Lipinski definition) is 4. The fraction of sp³-hybridized carbons (Fsp3) is 0.500. The van der Waals surface area contributed by atoms with Crippen LogP contribution in [0.3, 0.4) is 0 Å². The van der Waals surface area contributed by atoms with Gasteiger partial charge in [-0.1, -0.05) is 12.1 Å². The molecule has 2 aliphatic rings. The highest BCUT2D eigenvalue weighted by atomic mass is 16.6. The highest BCUT2D eigenvalue weighted by molar-refractivity contribution is 6.21. The van der Waals surface area contributed by atoms with Crippen molar-refractivity contribution in [1.82, 2.24) is 9.80 Å². The molecule has 2 heterocycles. The number of hydrogen-bond donors (Lipinski definition) is 0. The first-order chi connectivity index (χ1) is 11.3. The van der Waals surface area contributed by atoms with E-state index in [0.717, 1.165) is 12.8 Å². The van der Waals surface area contributed by atoms with E-state index < -0.39 is 5.60 Å². The van der Waals surface area contributed by atoms with Crippen LogP contribution >= 0.6 is 0 Å². The normalized spacial score (nSPS) is 20.5. The molecule has 0 unspecified atom stereocenters. The Morgan fingerprint density at radius 1 is 1.17 bits per heavy atom. The van der Waals surface area contributed by atoms with Gasteiger partial charge in [0.25, 0.3) is 11.8 Å². The van der Waals surface area contributed by atoms with Crippen LogP contribution in [-0.2, 0) is 4.74 Å². The van der Waals surface area contributed by atoms with Crippen molar-refractivity contribution in [3.05, 3.63) is 35.4 Å². The van der Waals surface area contributed by atoms with Crippen LogP contribution in [0.1, 0.15) is 54.3 Å². The van der Waals surface area contributed by atoms with Crippen LogP contribution < -0.4 is 0 Å². The topological polar surface area (TPSA) is 66.9 Å². The number of fused-ring (bicyclic) bond motifs is 1. The second-order valence-electron chi connectivity index (χ2n) is 7.24. The quantitative estimate of drug-likeness (QED) is 0.782. The van der Waals surface area contributed by atoms with Gasteiger partial charge in [0.15, 0.2) is 0 Å². The second kappa shape index (κ2) is 5.92. The molecule has 2 aliphatic heterocycles. The predicted octanol–water partition coefficient (Wildman–Crippen LogP) is 2.68. The number of carbonyl (C=O) groups excluding carboxylic acids is 3. The molecule has 1 atom stereocenters. The Balaban J connectivity index is 1.73. The zero-order chi connectivity index (χ0) is 17.5. The first-order valence-electron chi connectivity index (χ1n) is 8.23. The molecule has 128 valence electrons. The predicted molar refractivity (Wildman–Crippen MR) is 87.8 cm³/mol. The summed E-state index contributed by atoms with van der Waals surface area (Å²) in [7, 11) is 0. The second-order valence-corrected chi connectivity index (χ2v) is 7.24. The summed E-state index contributed by atoms with van der Waals surface area (Å²) in [6.07, 6.45) is 1.21. The molecule has 0 aromatic heterocycles. The SMILES string of the molecule is CC(C)(C)OC(=O)N1CCC[C@@H]1CN1C(=O)c2ccccc2C1=O. The number of imide groups is 1. The van der Waals surface area contributed by atoms with E-state index in [9.17, 15) is 14.4 Å². The van der Waals surface area contributed by atoms with Gasteiger partial charge >= 0.3 is 6.09 Å². The molecule has 6 heteroatoms. The average Bonchev–Trinajstić information content (AvgIpc) is 3.06. The molecule has 0 saturated carbocycles. The molecule has 1 aromatic rings. The van der Waals surface area contributed by atoms with E-state index in [1.165, 1.54) is 4.90 Å². The third-order valence-corrected chi connectivity index (χ3v) is 4.28. The minimum absolute atomic E-state index is 0.193. The molecule has 0 aliphatic carbocycles. The zero-order valence-electron chi connectivity index (χ0n) is 14.2. The Hall–Kier alpha value is -2.37. The van der Waals surface area contributed by atoms with Gasteiger partial charge in [0.2, 0.25) is 0 Å². The molecule has 3 rings (SSSR count). The highest BCUT2D eigenvalue weighted by Gasteiger charge is 2.40. The van der Waals surface area contributed by atoms with Crippen LogP contribution in [0.25, 0.3) is 0 Å². The largest absolute Gasteiger partial charge is 0.444 e. The van der Waals surface area contributed by atoms with Gasteiger partial charge in [-0.2, -0.15) is 0 Å². The molecule has 1 aromatic carbocycles. The van der Waals surface area contributed by atoms with Gasteiger partial charge in [-0.3, -0.25) is 14.5 Å². The monoisotopic (exact) mass is 330 g/mol. The van der Waals surface area contributed by atoms with Crippen molar-refractivity contribution in [2.75, 3.05) is 13.1 Å². The molecular formula is C18H22N2O4. The zero-order valence-corrected chi connectivity index (χ0v) is 14.2. The van der Waals surface area contributed by atoms with E-state index in [2.05, 4.69) is 0 Å². The van der Waals surface area contributed by atoms with E-state index >= 15 is 0 Å². The lowest BCUT2D eigenvalue weighted by Gasteiger charge is -2.30. The van der Waals surface area contributed by atoms with Gasteiger partial charge in [-0.25, -0.2) is 4.79 Å². The lowest BCUT2D eigenvalue weighted by molar-refractivity contribution is 0.0191. The summed E-state index contributed by atoms with van der Waals surface area (Å²) in [5.41, 5.74) is 0.299. The van der Waals surface area contributed by atoms with E-state index in [1.54, 1.807) is 29.2 Å². The molecule has 0 bridgehead atoms. The van der Waals surface area contributed by atoms with Crippen LogP contribution in [0.15, 0.2) is 24.3 Å². The maximum atomic E-state index is 12.5. The van der Waals surface area contributed by atoms with Crippen LogP contribution in [0.2, 0.25) is 0 Å². The van der Waals surface area contributed by atoms with E-state index in [-0.39, 0.29) is 30.5 Å². The minimum atomic E-state index is -0.570. The molecule has 1 saturated heterocycles. The highest BCUT2D eigenvalue weighted by Crippen LogP contribution is 2.27. The van der Waals surface area contributed by atoms with Crippen molar-refractivity contribution in [2.24, 2.45) is 0 Å². The van der Waals surface area contributed by atoms with Crippen LogP contribution in [0.5, 0.6) is 0 Å². The van der Waals surface area contributed by atoms with Crippen LogP contribution in [0, 0.1) is 0 Å². The van der Waals surface area contributed by atoms with E-state index in [4.69, 9.17) is 4.74 Å². The fourth-order valence-electron chi connectivity index (χ4n) is 3.20. The smallest absolute Gasteiger partial charge is 0.410 e. The number of carbonyl (C=O) groups is 3. The van der Waals surface area contributed by atoms with Crippen LogP contribution in [-0.4, -0.2) is 52.4 Å². The van der Waals surface area contributed by atoms with Crippen molar-refractivity contribution in [1.29, 1.82) is 0 Å². The van der Waals surface area contributed by atoms with Gasteiger partial charge in [-0.05, 0) is 45.7 Å². The average molecular weight is 330 g/mol. The van der Waals surface area contributed by atoms with Crippen LogP contribution in [0.4, 0.5) is 4.79 Å². The molecule has 3 amide bonds. The maximum absolute atomic E-state index is 12.5. The molecule has 6 nitrogen and oxygen atoms in total. The molecular weight excluding hydrogens is 308 g/mol. The van der Waals surface area contributed by atoms with Gasteiger partial charge in [0, 0.05) is 13.1 Å². The Bertz CT molecular complexity index is 658. The lowest BCUT2D eigenvalue weighted by atomic mass is 10.1. The van der Waals surface area contributed by atoms with Crippen molar-refractivity contribution in [3.63, 3.8) is 0 Å². The van der Waals surface area contributed by atoms with Crippen molar-refractivity contribution in [3.8, 4) is 0 Å². The van der Waals surface area contributed by atoms with Crippen molar-refractivity contribution < 1.29 is 19.1 Å². The Morgan fingerprint density at radius 2 is 1.75 bits per heavy atom. The summed E-state index contributed by atoms with van der Waals surface area (Å²) < 4.78 is 5.43. The summed E-state index contributed by atoms with van der Waals surface area (Å²) in [6.45, 7) is 6.26. The Morgan fingerprint density at radius 3 is 2.29 bits per heavy atom. The third-order valence-electron chi connectivity index (χ3n) is 4.28. The molecule has 0 radical (unpaired) electrons. The first-order valence-corrected chi connectivity index (χ1v) is 8.23. The standard InChI is InChI=1S/C18H22N2O4/c1-18(2,3)24-17(23)19-10-6-7-12(19)11-20-15(21)13-8-4-5-9-14(13)16(20)22/h4-5,8-9,12H,6-7,10-11H2,1-3H3/t12-/m1/s1. The number of benzene rings is 1. The van der Waals surface area contributed by atoms with Crippen molar-refractivity contribution >= 4 is 17.9 Å². The molecule has 0 N–H and O–H groups in total. The molecule has 1 fully saturated rings. The van der Waals surface area contributed by atoms with Gasteiger partial charge in [-0.15, -0.1) is 0 Å². The Kier molecular flexibility index (Phi) is 4.07. The first kappa shape index (κ1) is 16.5. The number of amides is 3. The van der Waals surface area contributed by atoms with E-state index in [0.29, 0.717) is 17.7 Å². The number of ether oxygens (including phenoxy) is 1. The van der Waals surface area contributed by atoms with Gasteiger partial charge < -0.3 is 9.64 Å². The molecule has 0 spiro atoms.